The van der Waals surface area contributed by atoms with Crippen molar-refractivity contribution in [1.82, 2.24) is 4.90 Å². The number of carbonyl (C=O) groups is 2. The molecule has 0 aliphatic carbocycles. The SMILES string of the molecule is COc1c(Cl)cc(Cl)cc1/C(O)=C1\C(=O)C(=O)N(Cc2cccs2)C1c1ccc(F)cc1. The Labute approximate surface area is 197 Å². The molecule has 0 saturated carbocycles. The van der Waals surface area contributed by atoms with Crippen molar-refractivity contribution in [1.29, 1.82) is 0 Å². The summed E-state index contributed by atoms with van der Waals surface area (Å²) < 4.78 is 18.9. The number of amides is 1. The molecule has 1 saturated heterocycles. The van der Waals surface area contributed by atoms with Crippen molar-refractivity contribution in [2.24, 2.45) is 0 Å². The van der Waals surface area contributed by atoms with E-state index >= 15 is 0 Å². The number of ether oxygens (including phenoxy) is 1. The summed E-state index contributed by atoms with van der Waals surface area (Å²) in [5, 5.41) is 13.4. The Morgan fingerprint density at radius 2 is 1.91 bits per heavy atom. The van der Waals surface area contributed by atoms with Crippen LogP contribution in [0.15, 0.2) is 59.5 Å². The maximum absolute atomic E-state index is 13.6. The van der Waals surface area contributed by atoms with Crippen LogP contribution < -0.4 is 4.74 Å². The molecular formula is C23H16Cl2FNO4S. The lowest BCUT2D eigenvalue weighted by Crippen LogP contribution is -2.28. The molecule has 1 atom stereocenters. The fourth-order valence-electron chi connectivity index (χ4n) is 3.69. The number of halogens is 3. The minimum absolute atomic E-state index is 0.0752. The lowest BCUT2D eigenvalue weighted by atomic mass is 9.95. The maximum Gasteiger partial charge on any atom is 0.295 e. The molecule has 0 spiro atoms. The molecule has 32 heavy (non-hydrogen) atoms. The van der Waals surface area contributed by atoms with Crippen LogP contribution in [0.25, 0.3) is 5.76 Å². The molecule has 3 aromatic rings. The van der Waals surface area contributed by atoms with Crippen LogP contribution in [0.2, 0.25) is 10.0 Å². The second kappa shape index (κ2) is 8.94. The molecule has 1 aliphatic heterocycles. The summed E-state index contributed by atoms with van der Waals surface area (Å²) in [5.74, 6) is -2.48. The van der Waals surface area contributed by atoms with Gasteiger partial charge in [-0.05, 0) is 41.3 Å². The number of aliphatic hydroxyl groups excluding tert-OH is 1. The van der Waals surface area contributed by atoms with E-state index in [0.29, 0.717) is 5.56 Å². The van der Waals surface area contributed by atoms with E-state index in [1.807, 2.05) is 17.5 Å². The number of hydrogen-bond donors (Lipinski definition) is 1. The van der Waals surface area contributed by atoms with Crippen LogP contribution >= 0.6 is 34.5 Å². The molecule has 1 fully saturated rings. The van der Waals surface area contributed by atoms with Gasteiger partial charge in [0, 0.05) is 9.90 Å². The Kier molecular flexibility index (Phi) is 6.24. The highest BCUT2D eigenvalue weighted by atomic mass is 35.5. The standard InChI is InChI=1S/C23H16Cl2FNO4S/c1-31-22-16(9-13(24)10-17(22)25)20(28)18-19(12-4-6-14(26)7-5-12)27(23(30)21(18)29)11-15-3-2-8-32-15/h2-10,19,28H,11H2,1H3/b20-18+. The monoisotopic (exact) mass is 491 g/mol. The predicted octanol–water partition coefficient (Wildman–Crippen LogP) is 5.82. The number of carbonyl (C=O) groups excluding carboxylic acids is 2. The van der Waals surface area contributed by atoms with Crippen LogP contribution in [0, 0.1) is 5.82 Å². The molecule has 164 valence electrons. The normalized spacial score (nSPS) is 17.8. The molecule has 1 unspecified atom stereocenters. The van der Waals surface area contributed by atoms with Crippen LogP contribution in [0.4, 0.5) is 4.39 Å². The third-order valence-corrected chi connectivity index (χ3v) is 6.46. The number of likely N-dealkylation sites (tertiary alicyclic amines) is 1. The van der Waals surface area contributed by atoms with Gasteiger partial charge in [-0.2, -0.15) is 0 Å². The molecular weight excluding hydrogens is 476 g/mol. The first kappa shape index (κ1) is 22.3. The fraction of sp³-hybridized carbons (Fsp3) is 0.130. The molecule has 9 heteroatoms. The first-order chi connectivity index (χ1) is 15.3. The number of ketones is 1. The van der Waals surface area contributed by atoms with Gasteiger partial charge in [0.1, 0.15) is 17.3 Å². The summed E-state index contributed by atoms with van der Waals surface area (Å²) in [4.78, 5) is 28.3. The first-order valence-electron chi connectivity index (χ1n) is 9.41. The zero-order chi connectivity index (χ0) is 23.0. The van der Waals surface area contributed by atoms with Gasteiger partial charge in [0.2, 0.25) is 0 Å². The first-order valence-corrected chi connectivity index (χ1v) is 11.0. The molecule has 5 nitrogen and oxygen atoms in total. The number of methoxy groups -OCH3 is 1. The predicted molar refractivity (Wildman–Crippen MR) is 122 cm³/mol. The highest BCUT2D eigenvalue weighted by molar-refractivity contribution is 7.09. The van der Waals surface area contributed by atoms with E-state index in [-0.39, 0.29) is 33.5 Å². The number of thiophene rings is 1. The van der Waals surface area contributed by atoms with E-state index in [2.05, 4.69) is 0 Å². The van der Waals surface area contributed by atoms with Crippen molar-refractivity contribution < 1.29 is 23.8 Å². The van der Waals surface area contributed by atoms with Gasteiger partial charge in [0.05, 0.1) is 35.9 Å². The Balaban J connectivity index is 1.93. The molecule has 4 rings (SSSR count). The largest absolute Gasteiger partial charge is 0.507 e. The van der Waals surface area contributed by atoms with Crippen LogP contribution in [0.5, 0.6) is 5.75 Å². The Morgan fingerprint density at radius 3 is 2.53 bits per heavy atom. The molecule has 2 heterocycles. The topological polar surface area (TPSA) is 66.8 Å². The van der Waals surface area contributed by atoms with Crippen molar-refractivity contribution >= 4 is 52.0 Å². The van der Waals surface area contributed by atoms with E-state index in [0.717, 1.165) is 4.88 Å². The summed E-state index contributed by atoms with van der Waals surface area (Å²) in [6.45, 7) is 0.147. The van der Waals surface area contributed by atoms with Crippen LogP contribution in [-0.4, -0.2) is 28.8 Å². The van der Waals surface area contributed by atoms with E-state index in [1.54, 1.807) is 0 Å². The van der Waals surface area contributed by atoms with Gasteiger partial charge < -0.3 is 14.7 Å². The average Bonchev–Trinajstić information content (AvgIpc) is 3.36. The summed E-state index contributed by atoms with van der Waals surface area (Å²) in [6.07, 6.45) is 0. The Morgan fingerprint density at radius 1 is 1.19 bits per heavy atom. The summed E-state index contributed by atoms with van der Waals surface area (Å²) in [7, 11) is 1.36. The van der Waals surface area contributed by atoms with Gasteiger partial charge in [-0.25, -0.2) is 4.39 Å². The quantitative estimate of drug-likeness (QED) is 0.277. The van der Waals surface area contributed by atoms with Gasteiger partial charge in [-0.1, -0.05) is 41.4 Å². The minimum atomic E-state index is -0.944. The van der Waals surface area contributed by atoms with E-state index < -0.39 is 29.3 Å². The van der Waals surface area contributed by atoms with Crippen molar-refractivity contribution in [2.75, 3.05) is 7.11 Å². The highest BCUT2D eigenvalue weighted by Gasteiger charge is 2.46. The molecule has 1 amide bonds. The summed E-state index contributed by atoms with van der Waals surface area (Å²) >= 11 is 13.7. The van der Waals surface area contributed by atoms with Crippen LogP contribution in [0.1, 0.15) is 22.0 Å². The van der Waals surface area contributed by atoms with Crippen molar-refractivity contribution in [2.45, 2.75) is 12.6 Å². The highest BCUT2D eigenvalue weighted by Crippen LogP contribution is 2.44. The zero-order valence-corrected chi connectivity index (χ0v) is 19.0. The molecule has 1 aromatic heterocycles. The second-order valence-corrected chi connectivity index (χ2v) is 8.90. The third kappa shape index (κ3) is 3.99. The van der Waals surface area contributed by atoms with Gasteiger partial charge in [0.25, 0.3) is 11.7 Å². The number of hydrogen-bond acceptors (Lipinski definition) is 5. The minimum Gasteiger partial charge on any atom is -0.507 e. The van der Waals surface area contributed by atoms with Crippen molar-refractivity contribution in [3.63, 3.8) is 0 Å². The molecule has 2 aromatic carbocycles. The Hall–Kier alpha value is -2.87. The molecule has 1 aliphatic rings. The number of Topliss-reactive ketones (excluding diaryl/α,β-unsaturated/α-hetero) is 1. The Bertz CT molecular complexity index is 1230. The van der Waals surface area contributed by atoms with Crippen molar-refractivity contribution in [3.8, 4) is 5.75 Å². The number of benzene rings is 2. The van der Waals surface area contributed by atoms with Gasteiger partial charge in [-0.15, -0.1) is 11.3 Å². The molecule has 1 N–H and O–H groups in total. The van der Waals surface area contributed by atoms with Crippen LogP contribution in [0.3, 0.4) is 0 Å². The summed E-state index contributed by atoms with van der Waals surface area (Å²) in [5.41, 5.74) is 0.386. The van der Waals surface area contributed by atoms with Gasteiger partial charge in [0.15, 0.2) is 0 Å². The third-order valence-electron chi connectivity index (χ3n) is 5.10. The zero-order valence-electron chi connectivity index (χ0n) is 16.6. The lowest BCUT2D eigenvalue weighted by Gasteiger charge is -2.25. The smallest absolute Gasteiger partial charge is 0.295 e. The number of rotatable bonds is 5. The van der Waals surface area contributed by atoms with E-state index in [4.69, 9.17) is 27.9 Å². The average molecular weight is 492 g/mol. The van der Waals surface area contributed by atoms with E-state index in [9.17, 15) is 19.1 Å². The van der Waals surface area contributed by atoms with Crippen LogP contribution in [-0.2, 0) is 16.1 Å². The summed E-state index contributed by atoms with van der Waals surface area (Å²) in [6, 6.07) is 11.0. The molecule has 0 bridgehead atoms. The lowest BCUT2D eigenvalue weighted by molar-refractivity contribution is -0.140. The maximum atomic E-state index is 13.6. The second-order valence-electron chi connectivity index (χ2n) is 7.03. The number of aliphatic hydroxyl groups is 1. The molecule has 0 radical (unpaired) electrons. The van der Waals surface area contributed by atoms with E-state index in [1.165, 1.54) is 59.7 Å². The van der Waals surface area contributed by atoms with Gasteiger partial charge in [-0.3, -0.25) is 9.59 Å². The number of nitrogens with zero attached hydrogens (tertiary/aromatic N) is 1. The van der Waals surface area contributed by atoms with Gasteiger partial charge >= 0.3 is 0 Å². The van der Waals surface area contributed by atoms with Crippen molar-refractivity contribution in [3.05, 3.63) is 91.4 Å². The fourth-order valence-corrected chi connectivity index (χ4v) is 4.97.